The lowest BCUT2D eigenvalue weighted by Gasteiger charge is -2.11. The molecule has 0 saturated carbocycles. The number of ether oxygens (including phenoxy) is 2. The highest BCUT2D eigenvalue weighted by Gasteiger charge is 2.18. The summed E-state index contributed by atoms with van der Waals surface area (Å²) in [5, 5.41) is 3.51. The van der Waals surface area contributed by atoms with Crippen LogP contribution in [0.2, 0.25) is 0 Å². The van der Waals surface area contributed by atoms with Gasteiger partial charge in [-0.15, -0.1) is 0 Å². The molecule has 3 heterocycles. The quantitative estimate of drug-likeness (QED) is 0.909. The molecule has 20 heavy (non-hydrogen) atoms. The first kappa shape index (κ1) is 11.7. The van der Waals surface area contributed by atoms with Crippen LogP contribution in [-0.2, 0) is 0 Å². The summed E-state index contributed by atoms with van der Waals surface area (Å²) in [6.45, 7) is 1.40. The molecular formula is C16H16N2O2. The van der Waals surface area contributed by atoms with Crippen LogP contribution in [0.4, 0.5) is 0 Å². The lowest BCUT2D eigenvalue weighted by Crippen LogP contribution is -2.12. The third-order valence-corrected chi connectivity index (χ3v) is 3.93. The number of aromatic nitrogens is 1. The molecule has 1 saturated heterocycles. The highest BCUT2D eigenvalue weighted by atomic mass is 16.7. The number of hydrogen-bond acceptors (Lipinski definition) is 4. The average Bonchev–Trinajstić information content (AvgIpc) is 3.18. The molecule has 0 spiro atoms. The van der Waals surface area contributed by atoms with Gasteiger partial charge in [0, 0.05) is 24.0 Å². The molecule has 2 aromatic rings. The standard InChI is InChI=1S/C16H16N2O2/c1-2-14(18-5-1)13-6-12(8-17-9-13)11-3-4-15-16(7-11)20-10-19-15/h3-4,6-9,14,18H,1-2,5,10H2/t14-/m0/s1. The van der Waals surface area contributed by atoms with E-state index in [-0.39, 0.29) is 0 Å². The van der Waals surface area contributed by atoms with Gasteiger partial charge in [-0.2, -0.15) is 0 Å². The van der Waals surface area contributed by atoms with Gasteiger partial charge in [-0.1, -0.05) is 6.07 Å². The molecule has 102 valence electrons. The van der Waals surface area contributed by atoms with Gasteiger partial charge in [0.2, 0.25) is 6.79 Å². The number of nitrogens with zero attached hydrogens (tertiary/aromatic N) is 1. The van der Waals surface area contributed by atoms with E-state index in [4.69, 9.17) is 9.47 Å². The number of fused-ring (bicyclic) bond motifs is 1. The monoisotopic (exact) mass is 268 g/mol. The topological polar surface area (TPSA) is 43.4 Å². The number of pyridine rings is 1. The van der Waals surface area contributed by atoms with Crippen molar-refractivity contribution in [3.05, 3.63) is 42.2 Å². The fourth-order valence-corrected chi connectivity index (χ4v) is 2.85. The van der Waals surface area contributed by atoms with Gasteiger partial charge in [-0.05, 0) is 48.7 Å². The Hall–Kier alpha value is -2.07. The van der Waals surface area contributed by atoms with E-state index < -0.39 is 0 Å². The molecule has 0 radical (unpaired) electrons. The van der Waals surface area contributed by atoms with Crippen molar-refractivity contribution < 1.29 is 9.47 Å². The van der Waals surface area contributed by atoms with E-state index >= 15 is 0 Å². The number of benzene rings is 1. The second-order valence-corrected chi connectivity index (χ2v) is 5.22. The predicted molar refractivity (Wildman–Crippen MR) is 75.8 cm³/mol. The van der Waals surface area contributed by atoms with Crippen LogP contribution in [0, 0.1) is 0 Å². The Morgan fingerprint density at radius 3 is 2.90 bits per heavy atom. The van der Waals surface area contributed by atoms with E-state index in [1.54, 1.807) is 0 Å². The Morgan fingerprint density at radius 2 is 2.00 bits per heavy atom. The molecule has 0 aliphatic carbocycles. The Kier molecular flexibility index (Phi) is 2.81. The lowest BCUT2D eigenvalue weighted by molar-refractivity contribution is 0.174. The highest BCUT2D eigenvalue weighted by Crippen LogP contribution is 2.36. The van der Waals surface area contributed by atoms with Crippen LogP contribution in [0.1, 0.15) is 24.4 Å². The van der Waals surface area contributed by atoms with Crippen molar-refractivity contribution in [1.29, 1.82) is 0 Å². The highest BCUT2D eigenvalue weighted by molar-refractivity contribution is 5.67. The number of hydrogen-bond donors (Lipinski definition) is 1. The molecule has 2 aliphatic heterocycles. The zero-order valence-electron chi connectivity index (χ0n) is 11.1. The largest absolute Gasteiger partial charge is 0.454 e. The maximum absolute atomic E-state index is 5.44. The van der Waals surface area contributed by atoms with Crippen molar-refractivity contribution in [3.63, 3.8) is 0 Å². The first-order valence-corrected chi connectivity index (χ1v) is 6.98. The first-order valence-electron chi connectivity index (χ1n) is 6.98. The zero-order valence-corrected chi connectivity index (χ0v) is 11.1. The van der Waals surface area contributed by atoms with Crippen LogP contribution >= 0.6 is 0 Å². The normalized spacial score (nSPS) is 20.3. The van der Waals surface area contributed by atoms with Gasteiger partial charge in [0.25, 0.3) is 0 Å². The van der Waals surface area contributed by atoms with E-state index in [0.717, 1.165) is 29.2 Å². The summed E-state index contributed by atoms with van der Waals surface area (Å²) in [5.41, 5.74) is 3.49. The predicted octanol–water partition coefficient (Wildman–Crippen LogP) is 2.90. The molecule has 4 rings (SSSR count). The van der Waals surface area contributed by atoms with Gasteiger partial charge in [0.05, 0.1) is 0 Å². The molecule has 1 aromatic heterocycles. The number of nitrogens with one attached hydrogen (secondary N) is 1. The molecule has 4 nitrogen and oxygen atoms in total. The Bertz CT molecular complexity index is 636. The fourth-order valence-electron chi connectivity index (χ4n) is 2.85. The van der Waals surface area contributed by atoms with Crippen molar-refractivity contribution in [2.45, 2.75) is 18.9 Å². The van der Waals surface area contributed by atoms with Crippen LogP contribution in [0.25, 0.3) is 11.1 Å². The van der Waals surface area contributed by atoms with E-state index in [1.165, 1.54) is 18.4 Å². The summed E-state index contributed by atoms with van der Waals surface area (Å²) >= 11 is 0. The second kappa shape index (κ2) is 4.80. The number of rotatable bonds is 2. The summed E-state index contributed by atoms with van der Waals surface area (Å²) in [6.07, 6.45) is 6.28. The van der Waals surface area contributed by atoms with Gasteiger partial charge in [0.15, 0.2) is 11.5 Å². The Morgan fingerprint density at radius 1 is 1.05 bits per heavy atom. The Labute approximate surface area is 117 Å². The second-order valence-electron chi connectivity index (χ2n) is 5.22. The lowest BCUT2D eigenvalue weighted by atomic mass is 10.0. The van der Waals surface area contributed by atoms with Crippen LogP contribution in [-0.4, -0.2) is 18.3 Å². The Balaban J connectivity index is 1.69. The minimum absolute atomic E-state index is 0.309. The summed E-state index contributed by atoms with van der Waals surface area (Å²) in [5.74, 6) is 1.63. The molecule has 0 unspecified atom stereocenters. The molecule has 1 fully saturated rings. The van der Waals surface area contributed by atoms with Gasteiger partial charge in [-0.25, -0.2) is 0 Å². The minimum Gasteiger partial charge on any atom is -0.454 e. The summed E-state index contributed by atoms with van der Waals surface area (Å²) in [6, 6.07) is 8.68. The SMILES string of the molecule is c1cc2c(cc1-c1cncc([C@@H]3CCCN3)c1)OCO2. The maximum atomic E-state index is 5.44. The van der Waals surface area contributed by atoms with Crippen molar-refractivity contribution in [3.8, 4) is 22.6 Å². The van der Waals surface area contributed by atoms with E-state index in [0.29, 0.717) is 12.8 Å². The summed E-state index contributed by atoms with van der Waals surface area (Å²) < 4.78 is 10.8. The molecular weight excluding hydrogens is 252 g/mol. The molecule has 4 heteroatoms. The molecule has 2 aliphatic rings. The molecule has 1 atom stereocenters. The zero-order chi connectivity index (χ0) is 13.4. The molecule has 0 amide bonds. The fraction of sp³-hybridized carbons (Fsp3) is 0.312. The smallest absolute Gasteiger partial charge is 0.231 e. The van der Waals surface area contributed by atoms with Crippen molar-refractivity contribution in [1.82, 2.24) is 10.3 Å². The van der Waals surface area contributed by atoms with Crippen molar-refractivity contribution in [2.75, 3.05) is 13.3 Å². The van der Waals surface area contributed by atoms with Crippen molar-refractivity contribution in [2.24, 2.45) is 0 Å². The van der Waals surface area contributed by atoms with Crippen LogP contribution in [0.5, 0.6) is 11.5 Å². The third-order valence-electron chi connectivity index (χ3n) is 3.93. The van der Waals surface area contributed by atoms with Gasteiger partial charge in [0.1, 0.15) is 0 Å². The van der Waals surface area contributed by atoms with Crippen molar-refractivity contribution >= 4 is 0 Å². The van der Waals surface area contributed by atoms with Gasteiger partial charge >= 0.3 is 0 Å². The van der Waals surface area contributed by atoms with E-state index in [1.807, 2.05) is 24.5 Å². The van der Waals surface area contributed by atoms with E-state index in [9.17, 15) is 0 Å². The summed E-state index contributed by atoms with van der Waals surface area (Å²) in [4.78, 5) is 4.39. The molecule has 0 bridgehead atoms. The van der Waals surface area contributed by atoms with Crippen LogP contribution in [0.15, 0.2) is 36.7 Å². The minimum atomic E-state index is 0.309. The van der Waals surface area contributed by atoms with Crippen LogP contribution < -0.4 is 14.8 Å². The van der Waals surface area contributed by atoms with Gasteiger partial charge < -0.3 is 14.8 Å². The first-order chi connectivity index (χ1) is 9.90. The van der Waals surface area contributed by atoms with Gasteiger partial charge in [-0.3, -0.25) is 4.98 Å². The molecule has 1 N–H and O–H groups in total. The van der Waals surface area contributed by atoms with Crippen LogP contribution in [0.3, 0.4) is 0 Å². The van der Waals surface area contributed by atoms with E-state index in [2.05, 4.69) is 22.4 Å². The third kappa shape index (κ3) is 2.02. The summed E-state index contributed by atoms with van der Waals surface area (Å²) in [7, 11) is 0. The molecule has 1 aromatic carbocycles. The average molecular weight is 268 g/mol. The maximum Gasteiger partial charge on any atom is 0.231 e.